The SMILES string of the molecule is Cc1ccc([C@H]2O[C@H]2C(=O)c2ccccc2)cc1. The van der Waals surface area contributed by atoms with Gasteiger partial charge in [-0.1, -0.05) is 60.2 Å². The summed E-state index contributed by atoms with van der Waals surface area (Å²) >= 11 is 0. The van der Waals surface area contributed by atoms with Crippen molar-refractivity contribution in [3.63, 3.8) is 0 Å². The Balaban J connectivity index is 1.75. The van der Waals surface area contributed by atoms with Gasteiger partial charge in [-0.2, -0.15) is 0 Å². The van der Waals surface area contributed by atoms with E-state index in [0.29, 0.717) is 0 Å². The number of carbonyl (C=O) groups excluding carboxylic acids is 1. The zero-order chi connectivity index (χ0) is 12.5. The van der Waals surface area contributed by atoms with Gasteiger partial charge in [-0.3, -0.25) is 4.79 Å². The summed E-state index contributed by atoms with van der Waals surface area (Å²) in [6, 6.07) is 17.4. The number of ketones is 1. The monoisotopic (exact) mass is 238 g/mol. The number of Topliss-reactive ketones (excluding diaryl/α,β-unsaturated/α-hetero) is 1. The summed E-state index contributed by atoms with van der Waals surface area (Å²) in [6.07, 6.45) is -0.381. The Kier molecular flexibility index (Phi) is 2.73. The van der Waals surface area contributed by atoms with Crippen LogP contribution in [0.15, 0.2) is 54.6 Å². The van der Waals surface area contributed by atoms with Gasteiger partial charge >= 0.3 is 0 Å². The molecule has 0 aromatic heterocycles. The molecule has 2 aromatic rings. The van der Waals surface area contributed by atoms with Crippen LogP contribution in [0.2, 0.25) is 0 Å². The van der Waals surface area contributed by atoms with Gasteiger partial charge in [0.2, 0.25) is 0 Å². The maximum absolute atomic E-state index is 12.1. The molecule has 3 rings (SSSR count). The van der Waals surface area contributed by atoms with E-state index in [1.165, 1.54) is 5.56 Å². The summed E-state index contributed by atoms with van der Waals surface area (Å²) in [5.41, 5.74) is 3.01. The van der Waals surface area contributed by atoms with Gasteiger partial charge in [0.25, 0.3) is 0 Å². The molecule has 0 spiro atoms. The first kappa shape index (κ1) is 11.2. The van der Waals surface area contributed by atoms with Crippen LogP contribution in [-0.4, -0.2) is 11.9 Å². The smallest absolute Gasteiger partial charge is 0.194 e. The third kappa shape index (κ3) is 2.07. The molecule has 2 nitrogen and oxygen atoms in total. The lowest BCUT2D eigenvalue weighted by molar-refractivity contribution is 0.0953. The molecule has 2 heteroatoms. The van der Waals surface area contributed by atoms with Crippen LogP contribution in [-0.2, 0) is 4.74 Å². The molecule has 0 unspecified atom stereocenters. The molecule has 2 aromatic carbocycles. The second-order valence-corrected chi connectivity index (χ2v) is 4.62. The lowest BCUT2D eigenvalue weighted by atomic mass is 10.0. The molecule has 1 saturated heterocycles. The van der Waals surface area contributed by atoms with Crippen molar-refractivity contribution in [3.8, 4) is 0 Å². The lowest BCUT2D eigenvalue weighted by Gasteiger charge is -1.98. The van der Waals surface area contributed by atoms with E-state index in [0.717, 1.165) is 11.1 Å². The molecular formula is C16H14O2. The van der Waals surface area contributed by atoms with E-state index >= 15 is 0 Å². The van der Waals surface area contributed by atoms with Crippen molar-refractivity contribution >= 4 is 5.78 Å². The van der Waals surface area contributed by atoms with E-state index in [2.05, 4.69) is 0 Å². The summed E-state index contributed by atoms with van der Waals surface area (Å²) in [5, 5.41) is 0. The number of carbonyl (C=O) groups is 1. The summed E-state index contributed by atoms with van der Waals surface area (Å²) in [6.45, 7) is 2.05. The van der Waals surface area contributed by atoms with Crippen LogP contribution >= 0.6 is 0 Å². The quantitative estimate of drug-likeness (QED) is 0.606. The molecule has 1 aliphatic heterocycles. The summed E-state index contributed by atoms with van der Waals surface area (Å²) < 4.78 is 5.51. The molecule has 0 bridgehead atoms. The standard InChI is InChI=1S/C16H14O2/c1-11-7-9-13(10-8-11)15-16(18-15)14(17)12-5-3-2-4-6-12/h2-10,15-16H,1H3/t15-,16+/m1/s1. The fourth-order valence-corrected chi connectivity index (χ4v) is 2.09. The van der Waals surface area contributed by atoms with Crippen LogP contribution in [0.4, 0.5) is 0 Å². The van der Waals surface area contributed by atoms with Gasteiger partial charge in [-0.25, -0.2) is 0 Å². The summed E-state index contributed by atoms with van der Waals surface area (Å²) in [4.78, 5) is 12.1. The molecule has 0 saturated carbocycles. The normalized spacial score (nSPS) is 21.6. The van der Waals surface area contributed by atoms with Crippen molar-refractivity contribution < 1.29 is 9.53 Å². The zero-order valence-electron chi connectivity index (χ0n) is 10.2. The van der Waals surface area contributed by atoms with E-state index in [1.807, 2.05) is 61.5 Å². The van der Waals surface area contributed by atoms with Crippen molar-refractivity contribution in [2.75, 3.05) is 0 Å². The summed E-state index contributed by atoms with van der Waals surface area (Å²) in [5.74, 6) is 0.0705. The maximum Gasteiger partial charge on any atom is 0.194 e. The molecule has 1 fully saturated rings. The molecule has 0 N–H and O–H groups in total. The number of hydrogen-bond acceptors (Lipinski definition) is 2. The molecular weight excluding hydrogens is 224 g/mol. The Morgan fingerprint density at radius 3 is 2.33 bits per heavy atom. The minimum Gasteiger partial charge on any atom is -0.356 e. The number of ether oxygens (including phenoxy) is 1. The van der Waals surface area contributed by atoms with Crippen LogP contribution in [0.25, 0.3) is 0 Å². The minimum absolute atomic E-state index is 0.0705. The van der Waals surface area contributed by atoms with Gasteiger partial charge in [0.1, 0.15) is 6.10 Å². The predicted molar refractivity (Wildman–Crippen MR) is 69.6 cm³/mol. The Hall–Kier alpha value is -1.93. The molecule has 0 radical (unpaired) electrons. The Labute approximate surface area is 106 Å². The molecule has 1 heterocycles. The van der Waals surface area contributed by atoms with Crippen molar-refractivity contribution in [1.82, 2.24) is 0 Å². The van der Waals surface area contributed by atoms with Crippen molar-refractivity contribution in [2.45, 2.75) is 19.1 Å². The average molecular weight is 238 g/mol. The Bertz CT molecular complexity index is 557. The Morgan fingerprint density at radius 2 is 1.67 bits per heavy atom. The van der Waals surface area contributed by atoms with Gasteiger partial charge in [0.15, 0.2) is 11.9 Å². The third-order valence-electron chi connectivity index (χ3n) is 3.21. The van der Waals surface area contributed by atoms with Crippen LogP contribution in [0, 0.1) is 6.92 Å². The molecule has 0 aliphatic carbocycles. The highest BCUT2D eigenvalue weighted by Crippen LogP contribution is 2.40. The van der Waals surface area contributed by atoms with Crippen LogP contribution in [0.1, 0.15) is 27.6 Å². The first-order chi connectivity index (χ1) is 8.75. The van der Waals surface area contributed by atoms with Crippen LogP contribution in [0.5, 0.6) is 0 Å². The van der Waals surface area contributed by atoms with E-state index in [4.69, 9.17) is 4.74 Å². The predicted octanol–water partition coefficient (Wildman–Crippen LogP) is 3.32. The Morgan fingerprint density at radius 1 is 1.00 bits per heavy atom. The fraction of sp³-hybridized carbons (Fsp3) is 0.188. The zero-order valence-corrected chi connectivity index (χ0v) is 10.2. The van der Waals surface area contributed by atoms with E-state index in [-0.39, 0.29) is 18.0 Å². The van der Waals surface area contributed by atoms with E-state index in [9.17, 15) is 4.79 Å². The molecule has 90 valence electrons. The number of benzene rings is 2. The molecule has 18 heavy (non-hydrogen) atoms. The van der Waals surface area contributed by atoms with Crippen LogP contribution in [0.3, 0.4) is 0 Å². The molecule has 0 amide bonds. The van der Waals surface area contributed by atoms with Gasteiger partial charge in [-0.15, -0.1) is 0 Å². The maximum atomic E-state index is 12.1. The van der Waals surface area contributed by atoms with Gasteiger partial charge in [0.05, 0.1) is 0 Å². The third-order valence-corrected chi connectivity index (χ3v) is 3.21. The topological polar surface area (TPSA) is 29.6 Å². The number of aryl methyl sites for hydroxylation is 1. The van der Waals surface area contributed by atoms with Gasteiger partial charge in [-0.05, 0) is 12.5 Å². The minimum atomic E-state index is -0.310. The van der Waals surface area contributed by atoms with E-state index < -0.39 is 0 Å². The number of epoxide rings is 1. The van der Waals surface area contributed by atoms with E-state index in [1.54, 1.807) is 0 Å². The first-order valence-corrected chi connectivity index (χ1v) is 6.07. The highest BCUT2D eigenvalue weighted by molar-refractivity contribution is 6.01. The lowest BCUT2D eigenvalue weighted by Crippen LogP contribution is -2.07. The molecule has 1 aliphatic rings. The van der Waals surface area contributed by atoms with Crippen molar-refractivity contribution in [3.05, 3.63) is 71.3 Å². The van der Waals surface area contributed by atoms with Crippen molar-refractivity contribution in [1.29, 1.82) is 0 Å². The number of rotatable bonds is 3. The summed E-state index contributed by atoms with van der Waals surface area (Å²) in [7, 11) is 0. The first-order valence-electron chi connectivity index (χ1n) is 6.07. The van der Waals surface area contributed by atoms with Crippen molar-refractivity contribution in [2.24, 2.45) is 0 Å². The highest BCUT2D eigenvalue weighted by Gasteiger charge is 2.45. The second-order valence-electron chi connectivity index (χ2n) is 4.62. The number of hydrogen-bond donors (Lipinski definition) is 0. The largest absolute Gasteiger partial charge is 0.356 e. The van der Waals surface area contributed by atoms with Gasteiger partial charge < -0.3 is 4.74 Å². The fourth-order valence-electron chi connectivity index (χ4n) is 2.09. The highest BCUT2D eigenvalue weighted by atomic mass is 16.6. The van der Waals surface area contributed by atoms with Gasteiger partial charge in [0, 0.05) is 5.56 Å². The second kappa shape index (κ2) is 4.39. The molecule has 2 atom stereocenters. The van der Waals surface area contributed by atoms with Crippen LogP contribution < -0.4 is 0 Å². The average Bonchev–Trinajstić information content (AvgIpc) is 3.20.